The van der Waals surface area contributed by atoms with Crippen molar-refractivity contribution >= 4 is 49.8 Å². The van der Waals surface area contributed by atoms with Gasteiger partial charge in [0.2, 0.25) is 0 Å². The molecule has 2 heterocycles. The molecule has 11 rings (SSSR count). The molecule has 0 bridgehead atoms. The van der Waals surface area contributed by atoms with Gasteiger partial charge in [0.1, 0.15) is 22.7 Å². The summed E-state index contributed by atoms with van der Waals surface area (Å²) in [6.07, 6.45) is 0. The van der Waals surface area contributed by atoms with Crippen LogP contribution in [0.25, 0.3) is 43.8 Å². The SMILES string of the molecule is c1ccc(N(c2ccc3c(c2)C2(c4ccccc4Oc4c2ccc2ccccc42)c2ccccc2-3)c2ccc3oc4ccccc4c3c2)cc1. The summed E-state index contributed by atoms with van der Waals surface area (Å²) in [5, 5.41) is 4.50. The Balaban J connectivity index is 1.22. The van der Waals surface area contributed by atoms with Crippen LogP contribution >= 0.6 is 0 Å². The first kappa shape index (κ1) is 27.4. The number of ether oxygens (including phenoxy) is 1. The molecule has 8 aromatic carbocycles. The summed E-state index contributed by atoms with van der Waals surface area (Å²) < 4.78 is 13.1. The van der Waals surface area contributed by atoms with Crippen LogP contribution in [0.2, 0.25) is 0 Å². The fraction of sp³-hybridized carbons (Fsp3) is 0.0213. The molecular weight excluding hydrogens is 611 g/mol. The van der Waals surface area contributed by atoms with Crippen molar-refractivity contribution in [1.82, 2.24) is 0 Å². The number of furan rings is 1. The molecule has 2 aliphatic rings. The molecule has 3 nitrogen and oxygen atoms in total. The van der Waals surface area contributed by atoms with E-state index < -0.39 is 5.41 Å². The van der Waals surface area contributed by atoms with Gasteiger partial charge in [-0.1, -0.05) is 121 Å². The van der Waals surface area contributed by atoms with E-state index in [1.54, 1.807) is 0 Å². The molecule has 0 radical (unpaired) electrons. The van der Waals surface area contributed by atoms with E-state index in [-0.39, 0.29) is 0 Å². The van der Waals surface area contributed by atoms with E-state index in [1.807, 2.05) is 12.1 Å². The van der Waals surface area contributed by atoms with E-state index in [1.165, 1.54) is 27.6 Å². The number of hydrogen-bond donors (Lipinski definition) is 0. The van der Waals surface area contributed by atoms with Crippen molar-refractivity contribution in [3.05, 3.63) is 198 Å². The van der Waals surface area contributed by atoms with Gasteiger partial charge >= 0.3 is 0 Å². The molecule has 0 saturated carbocycles. The van der Waals surface area contributed by atoms with Gasteiger partial charge in [-0.3, -0.25) is 0 Å². The minimum Gasteiger partial charge on any atom is -0.456 e. The van der Waals surface area contributed by atoms with Crippen LogP contribution in [0.15, 0.2) is 180 Å². The Morgan fingerprint density at radius 1 is 0.400 bits per heavy atom. The Morgan fingerprint density at radius 2 is 1.08 bits per heavy atom. The zero-order valence-electron chi connectivity index (χ0n) is 27.0. The van der Waals surface area contributed by atoms with E-state index in [2.05, 4.69) is 169 Å². The van der Waals surface area contributed by atoms with Crippen LogP contribution in [0.3, 0.4) is 0 Å². The molecule has 1 unspecified atom stereocenters. The Hall–Kier alpha value is -6.58. The summed E-state index contributed by atoms with van der Waals surface area (Å²) in [5.41, 5.74) is 11.8. The number of hydrogen-bond acceptors (Lipinski definition) is 3. The lowest BCUT2D eigenvalue weighted by atomic mass is 9.65. The van der Waals surface area contributed by atoms with E-state index in [9.17, 15) is 0 Å². The van der Waals surface area contributed by atoms with E-state index in [0.717, 1.165) is 67.0 Å². The van der Waals surface area contributed by atoms with Gasteiger partial charge in [0.15, 0.2) is 0 Å². The lowest BCUT2D eigenvalue weighted by Crippen LogP contribution is -2.32. The molecule has 0 amide bonds. The highest BCUT2D eigenvalue weighted by molar-refractivity contribution is 6.06. The first-order valence-corrected chi connectivity index (χ1v) is 17.1. The second-order valence-electron chi connectivity index (χ2n) is 13.2. The maximum atomic E-state index is 6.87. The van der Waals surface area contributed by atoms with E-state index in [0.29, 0.717) is 0 Å². The van der Waals surface area contributed by atoms with Crippen LogP contribution < -0.4 is 9.64 Å². The van der Waals surface area contributed by atoms with Crippen LogP contribution in [0.5, 0.6) is 11.5 Å². The highest BCUT2D eigenvalue weighted by Crippen LogP contribution is 2.63. The van der Waals surface area contributed by atoms with Gasteiger partial charge in [-0.15, -0.1) is 0 Å². The molecule has 3 heteroatoms. The van der Waals surface area contributed by atoms with Gasteiger partial charge in [-0.25, -0.2) is 0 Å². The number of anilines is 3. The molecule has 0 N–H and O–H groups in total. The second kappa shape index (κ2) is 10.2. The average molecular weight is 640 g/mol. The molecule has 234 valence electrons. The lowest BCUT2D eigenvalue weighted by Gasteiger charge is -2.40. The topological polar surface area (TPSA) is 25.6 Å². The fourth-order valence-electron chi connectivity index (χ4n) is 8.63. The van der Waals surface area contributed by atoms with Crippen LogP contribution in [-0.2, 0) is 5.41 Å². The third-order valence-corrected chi connectivity index (χ3v) is 10.7. The first-order valence-electron chi connectivity index (χ1n) is 17.1. The summed E-state index contributed by atoms with van der Waals surface area (Å²) in [5.74, 6) is 1.81. The summed E-state index contributed by atoms with van der Waals surface area (Å²) in [7, 11) is 0. The number of fused-ring (bicyclic) bond motifs is 14. The minimum atomic E-state index is -0.580. The number of rotatable bonds is 3. The summed E-state index contributed by atoms with van der Waals surface area (Å²) in [6, 6.07) is 63.0. The van der Waals surface area contributed by atoms with E-state index >= 15 is 0 Å². The van der Waals surface area contributed by atoms with Crippen LogP contribution in [0.4, 0.5) is 17.1 Å². The first-order chi connectivity index (χ1) is 24.8. The van der Waals surface area contributed by atoms with Crippen molar-refractivity contribution in [1.29, 1.82) is 0 Å². The molecule has 1 spiro atoms. The maximum absolute atomic E-state index is 6.87. The summed E-state index contributed by atoms with van der Waals surface area (Å²) >= 11 is 0. The van der Waals surface area contributed by atoms with Gasteiger partial charge in [0.25, 0.3) is 0 Å². The van der Waals surface area contributed by atoms with E-state index in [4.69, 9.17) is 9.15 Å². The largest absolute Gasteiger partial charge is 0.456 e. The highest BCUT2D eigenvalue weighted by Gasteiger charge is 2.51. The standard InChI is InChI=1S/C47H29NO2/c1-2-13-31(14-3-1)48(32-24-27-44-38(28-32)37-17-7-10-20-43(37)49-44)33-23-25-36-35-16-6-8-18-39(35)47(42(36)29-33)40-19-9-11-21-45(40)50-46-34-15-5-4-12-30(34)22-26-41(46)47/h1-29H. The molecule has 1 aliphatic heterocycles. The molecular formula is C47H29NO2. The fourth-order valence-corrected chi connectivity index (χ4v) is 8.63. The average Bonchev–Trinajstić information content (AvgIpc) is 3.69. The molecule has 1 atom stereocenters. The second-order valence-corrected chi connectivity index (χ2v) is 13.2. The van der Waals surface area contributed by atoms with Crippen LogP contribution in [0, 0.1) is 0 Å². The minimum absolute atomic E-state index is 0.580. The van der Waals surface area contributed by atoms with Gasteiger partial charge < -0.3 is 14.1 Å². The summed E-state index contributed by atoms with van der Waals surface area (Å²) in [6.45, 7) is 0. The predicted octanol–water partition coefficient (Wildman–Crippen LogP) is 12.7. The quantitative estimate of drug-likeness (QED) is 0.192. The van der Waals surface area contributed by atoms with Crippen LogP contribution in [0.1, 0.15) is 22.3 Å². The van der Waals surface area contributed by atoms with Crippen molar-refractivity contribution in [3.63, 3.8) is 0 Å². The van der Waals surface area contributed by atoms with Crippen molar-refractivity contribution in [2.75, 3.05) is 4.90 Å². The number of para-hydroxylation sites is 3. The monoisotopic (exact) mass is 639 g/mol. The molecule has 50 heavy (non-hydrogen) atoms. The van der Waals surface area contributed by atoms with Crippen molar-refractivity contribution < 1.29 is 9.15 Å². The van der Waals surface area contributed by atoms with Gasteiger partial charge in [0.05, 0.1) is 5.41 Å². The Kier molecular flexibility index (Phi) is 5.59. The Bertz CT molecular complexity index is 2810. The Morgan fingerprint density at radius 3 is 2.00 bits per heavy atom. The predicted molar refractivity (Wildman–Crippen MR) is 203 cm³/mol. The highest BCUT2D eigenvalue weighted by atomic mass is 16.5. The molecule has 0 saturated heterocycles. The molecule has 1 aromatic heterocycles. The van der Waals surface area contributed by atoms with Crippen molar-refractivity contribution in [3.8, 4) is 22.6 Å². The molecule has 0 fully saturated rings. The van der Waals surface area contributed by atoms with Crippen molar-refractivity contribution in [2.45, 2.75) is 5.41 Å². The van der Waals surface area contributed by atoms with Gasteiger partial charge in [-0.2, -0.15) is 0 Å². The van der Waals surface area contributed by atoms with Crippen LogP contribution in [-0.4, -0.2) is 0 Å². The molecule has 9 aromatic rings. The Labute approximate surface area is 289 Å². The zero-order valence-corrected chi connectivity index (χ0v) is 27.0. The van der Waals surface area contributed by atoms with Gasteiger partial charge in [-0.05, 0) is 82.2 Å². The smallest absolute Gasteiger partial charge is 0.140 e. The third kappa shape index (κ3) is 3.64. The summed E-state index contributed by atoms with van der Waals surface area (Å²) in [4.78, 5) is 2.37. The zero-order chi connectivity index (χ0) is 32.8. The number of benzene rings is 8. The lowest BCUT2D eigenvalue weighted by molar-refractivity contribution is 0.441. The number of nitrogens with zero attached hydrogens (tertiary/aromatic N) is 1. The normalized spacial score (nSPS) is 15.4. The molecule has 1 aliphatic carbocycles. The maximum Gasteiger partial charge on any atom is 0.140 e. The third-order valence-electron chi connectivity index (χ3n) is 10.7. The van der Waals surface area contributed by atoms with Gasteiger partial charge in [0, 0.05) is 44.3 Å². The van der Waals surface area contributed by atoms with Crippen molar-refractivity contribution in [2.24, 2.45) is 0 Å².